The van der Waals surface area contributed by atoms with Crippen LogP contribution in [0.4, 0.5) is 0 Å². The van der Waals surface area contributed by atoms with Gasteiger partial charge in [-0.3, -0.25) is 4.90 Å². The molecule has 0 saturated carbocycles. The number of hydrogen-bond acceptors (Lipinski definition) is 4. The molecule has 1 aromatic carbocycles. The first-order valence-corrected chi connectivity index (χ1v) is 7.97. The van der Waals surface area contributed by atoms with Gasteiger partial charge in [0.2, 0.25) is 0 Å². The summed E-state index contributed by atoms with van der Waals surface area (Å²) in [7, 11) is 0. The number of aromatic nitrogens is 1. The van der Waals surface area contributed by atoms with Crippen LogP contribution in [0.2, 0.25) is 0 Å². The first-order valence-electron chi connectivity index (χ1n) is 7.15. The molecule has 2 heterocycles. The number of para-hydroxylation sites is 1. The lowest BCUT2D eigenvalue weighted by Gasteiger charge is -2.22. The van der Waals surface area contributed by atoms with Crippen LogP contribution >= 0.6 is 11.3 Å². The average molecular weight is 275 g/mol. The van der Waals surface area contributed by atoms with Crippen LogP contribution in [0, 0.1) is 0 Å². The summed E-state index contributed by atoms with van der Waals surface area (Å²) in [4.78, 5) is 7.29. The minimum absolute atomic E-state index is 0.636. The van der Waals surface area contributed by atoms with Crippen LogP contribution < -0.4 is 5.32 Å². The Bertz CT molecular complexity index is 504. The Hall–Kier alpha value is -0.970. The van der Waals surface area contributed by atoms with Gasteiger partial charge in [-0.05, 0) is 38.1 Å². The summed E-state index contributed by atoms with van der Waals surface area (Å²) in [6.07, 6.45) is 2.44. The second-order valence-corrected chi connectivity index (χ2v) is 6.34. The van der Waals surface area contributed by atoms with Gasteiger partial charge < -0.3 is 5.32 Å². The second-order valence-electron chi connectivity index (χ2n) is 5.22. The van der Waals surface area contributed by atoms with E-state index in [9.17, 15) is 0 Å². The highest BCUT2D eigenvalue weighted by Crippen LogP contribution is 2.23. The Balaban J connectivity index is 1.72. The summed E-state index contributed by atoms with van der Waals surface area (Å²) in [5, 5.41) is 4.86. The van der Waals surface area contributed by atoms with E-state index in [0.29, 0.717) is 6.04 Å². The fraction of sp³-hybridized carbons (Fsp3) is 0.533. The molecule has 102 valence electrons. The van der Waals surface area contributed by atoms with Gasteiger partial charge in [0.15, 0.2) is 0 Å². The maximum Gasteiger partial charge on any atom is 0.108 e. The molecule has 19 heavy (non-hydrogen) atoms. The molecule has 1 fully saturated rings. The Labute approximate surface area is 118 Å². The summed E-state index contributed by atoms with van der Waals surface area (Å²) in [5.74, 6) is 0. The Morgan fingerprint density at radius 1 is 1.42 bits per heavy atom. The van der Waals surface area contributed by atoms with Crippen molar-refractivity contribution in [1.82, 2.24) is 15.2 Å². The number of hydrogen-bond donors (Lipinski definition) is 1. The number of rotatable bonds is 3. The summed E-state index contributed by atoms with van der Waals surface area (Å²) in [5.41, 5.74) is 1.14. The summed E-state index contributed by atoms with van der Waals surface area (Å²) in [6, 6.07) is 9.06. The van der Waals surface area contributed by atoms with Crippen LogP contribution in [-0.2, 0) is 6.54 Å². The molecule has 1 N–H and O–H groups in total. The third-order valence-corrected chi connectivity index (χ3v) is 4.77. The molecular formula is C15H21N3S. The first-order chi connectivity index (χ1) is 9.35. The van der Waals surface area contributed by atoms with Crippen LogP contribution in [0.5, 0.6) is 0 Å². The Kier molecular flexibility index (Phi) is 4.11. The van der Waals surface area contributed by atoms with Gasteiger partial charge in [0, 0.05) is 12.6 Å². The zero-order chi connectivity index (χ0) is 13.1. The predicted octanol–water partition coefficient (Wildman–Crippen LogP) is 2.87. The number of nitrogens with one attached hydrogen (secondary N) is 1. The molecule has 1 unspecified atom stereocenters. The van der Waals surface area contributed by atoms with Crippen LogP contribution in [-0.4, -0.2) is 35.6 Å². The number of fused-ring (bicyclic) bond motifs is 1. The summed E-state index contributed by atoms with van der Waals surface area (Å²) >= 11 is 1.83. The van der Waals surface area contributed by atoms with Gasteiger partial charge >= 0.3 is 0 Å². The molecule has 3 rings (SSSR count). The standard InChI is InChI=1S/C15H21N3S/c1-2-12-10-18(9-5-8-16-12)11-15-17-13-6-3-4-7-14(13)19-15/h3-4,6-7,12,16H,2,5,8-11H2,1H3. The molecule has 2 aromatic rings. The van der Waals surface area contributed by atoms with E-state index in [0.717, 1.165) is 25.2 Å². The highest BCUT2D eigenvalue weighted by Gasteiger charge is 2.17. The second kappa shape index (κ2) is 5.99. The summed E-state index contributed by atoms with van der Waals surface area (Å²) < 4.78 is 1.30. The zero-order valence-electron chi connectivity index (χ0n) is 11.4. The van der Waals surface area contributed by atoms with Gasteiger partial charge in [-0.2, -0.15) is 0 Å². The molecule has 1 aliphatic rings. The fourth-order valence-electron chi connectivity index (χ4n) is 2.67. The molecule has 0 radical (unpaired) electrons. The van der Waals surface area contributed by atoms with Crippen molar-refractivity contribution in [3.05, 3.63) is 29.3 Å². The van der Waals surface area contributed by atoms with Gasteiger partial charge in [0.1, 0.15) is 5.01 Å². The van der Waals surface area contributed by atoms with E-state index in [1.807, 2.05) is 11.3 Å². The SMILES string of the molecule is CCC1CN(Cc2nc3ccccc3s2)CCCN1. The lowest BCUT2D eigenvalue weighted by Crippen LogP contribution is -2.36. The van der Waals surface area contributed by atoms with Gasteiger partial charge in [0.25, 0.3) is 0 Å². The van der Waals surface area contributed by atoms with Crippen molar-refractivity contribution in [2.75, 3.05) is 19.6 Å². The van der Waals surface area contributed by atoms with Crippen molar-refractivity contribution in [2.24, 2.45) is 0 Å². The first kappa shape index (κ1) is 13.0. The van der Waals surface area contributed by atoms with E-state index in [1.165, 1.54) is 29.1 Å². The molecule has 0 aliphatic carbocycles. The molecular weight excluding hydrogens is 254 g/mol. The average Bonchev–Trinajstić information content (AvgIpc) is 2.69. The van der Waals surface area contributed by atoms with E-state index in [4.69, 9.17) is 4.98 Å². The lowest BCUT2D eigenvalue weighted by molar-refractivity contribution is 0.257. The third-order valence-electron chi connectivity index (χ3n) is 3.75. The predicted molar refractivity (Wildman–Crippen MR) is 81.6 cm³/mol. The van der Waals surface area contributed by atoms with Crippen molar-refractivity contribution in [1.29, 1.82) is 0 Å². The molecule has 4 heteroatoms. The van der Waals surface area contributed by atoms with Crippen molar-refractivity contribution >= 4 is 21.6 Å². The van der Waals surface area contributed by atoms with Gasteiger partial charge in [-0.25, -0.2) is 4.98 Å². The zero-order valence-corrected chi connectivity index (χ0v) is 12.2. The smallest absolute Gasteiger partial charge is 0.108 e. The van der Waals surface area contributed by atoms with Crippen LogP contribution in [0.25, 0.3) is 10.2 Å². The van der Waals surface area contributed by atoms with E-state index in [1.54, 1.807) is 0 Å². The Morgan fingerprint density at radius 3 is 3.16 bits per heavy atom. The van der Waals surface area contributed by atoms with Crippen molar-refractivity contribution in [3.8, 4) is 0 Å². The van der Waals surface area contributed by atoms with Crippen molar-refractivity contribution in [3.63, 3.8) is 0 Å². The molecule has 1 atom stereocenters. The normalized spacial score (nSPS) is 21.6. The van der Waals surface area contributed by atoms with Gasteiger partial charge in [-0.1, -0.05) is 19.1 Å². The van der Waals surface area contributed by atoms with Gasteiger partial charge in [0.05, 0.1) is 16.8 Å². The Morgan fingerprint density at radius 2 is 2.32 bits per heavy atom. The number of nitrogens with zero attached hydrogens (tertiary/aromatic N) is 2. The molecule has 0 amide bonds. The third kappa shape index (κ3) is 3.14. The van der Waals surface area contributed by atoms with Gasteiger partial charge in [-0.15, -0.1) is 11.3 Å². The molecule has 1 aliphatic heterocycles. The molecule has 0 bridgehead atoms. The highest BCUT2D eigenvalue weighted by molar-refractivity contribution is 7.18. The number of thiazole rings is 1. The topological polar surface area (TPSA) is 28.2 Å². The maximum absolute atomic E-state index is 4.74. The van der Waals surface area contributed by atoms with Crippen LogP contribution in [0.3, 0.4) is 0 Å². The molecule has 1 aromatic heterocycles. The molecule has 0 spiro atoms. The minimum Gasteiger partial charge on any atom is -0.313 e. The van der Waals surface area contributed by atoms with Crippen molar-refractivity contribution in [2.45, 2.75) is 32.4 Å². The van der Waals surface area contributed by atoms with E-state index in [-0.39, 0.29) is 0 Å². The largest absolute Gasteiger partial charge is 0.313 e. The highest BCUT2D eigenvalue weighted by atomic mass is 32.1. The monoisotopic (exact) mass is 275 g/mol. The minimum atomic E-state index is 0.636. The maximum atomic E-state index is 4.74. The number of benzene rings is 1. The van der Waals surface area contributed by atoms with Crippen LogP contribution in [0.1, 0.15) is 24.8 Å². The fourth-order valence-corrected chi connectivity index (χ4v) is 3.68. The molecule has 1 saturated heterocycles. The lowest BCUT2D eigenvalue weighted by atomic mass is 10.2. The van der Waals surface area contributed by atoms with E-state index in [2.05, 4.69) is 41.4 Å². The van der Waals surface area contributed by atoms with E-state index < -0.39 is 0 Å². The quantitative estimate of drug-likeness (QED) is 0.933. The summed E-state index contributed by atoms with van der Waals surface area (Å²) in [6.45, 7) is 6.73. The molecule has 3 nitrogen and oxygen atoms in total. The van der Waals surface area contributed by atoms with Crippen molar-refractivity contribution < 1.29 is 0 Å². The van der Waals surface area contributed by atoms with Crippen LogP contribution in [0.15, 0.2) is 24.3 Å². The van der Waals surface area contributed by atoms with E-state index >= 15 is 0 Å².